The first-order valence-electron chi connectivity index (χ1n) is 7.26. The summed E-state index contributed by atoms with van der Waals surface area (Å²) in [5, 5.41) is 4.46. The van der Waals surface area contributed by atoms with Crippen molar-refractivity contribution < 1.29 is 19.1 Å². The molecule has 0 atom stereocenters. The van der Waals surface area contributed by atoms with Crippen molar-refractivity contribution in [3.63, 3.8) is 0 Å². The minimum absolute atomic E-state index is 0.373. The van der Waals surface area contributed by atoms with Gasteiger partial charge in [-0.1, -0.05) is 26.0 Å². The van der Waals surface area contributed by atoms with Crippen LogP contribution in [0.5, 0.6) is 0 Å². The number of benzene rings is 1. The Morgan fingerprint density at radius 1 is 1.14 bits per heavy atom. The number of ether oxygens (including phenoxy) is 1. The van der Waals surface area contributed by atoms with Crippen LogP contribution in [0.4, 0.5) is 4.79 Å². The number of imide groups is 1. The molecular weight excluding hydrogens is 284 g/mol. The van der Waals surface area contributed by atoms with Crippen LogP contribution in [0.15, 0.2) is 24.3 Å². The van der Waals surface area contributed by atoms with E-state index in [0.717, 1.165) is 12.0 Å². The standard InChI is InChI=1S/C16H22N2O4/c1-4-17-16(21)18-14(19)10-22-15(20)13-7-5-12(6-8-13)9-11(2)3/h5-8,11H,4,9-10H2,1-3H3,(H2,17,18,19,21). The summed E-state index contributed by atoms with van der Waals surface area (Å²) >= 11 is 0. The van der Waals surface area contributed by atoms with E-state index < -0.39 is 24.5 Å². The number of hydrogen-bond acceptors (Lipinski definition) is 4. The predicted molar refractivity (Wildman–Crippen MR) is 82.5 cm³/mol. The van der Waals surface area contributed by atoms with Crippen LogP contribution in [-0.4, -0.2) is 31.1 Å². The highest BCUT2D eigenvalue weighted by Crippen LogP contribution is 2.10. The van der Waals surface area contributed by atoms with Gasteiger partial charge in [-0.15, -0.1) is 0 Å². The number of carbonyl (C=O) groups is 3. The van der Waals surface area contributed by atoms with Crippen molar-refractivity contribution in [2.45, 2.75) is 27.2 Å². The lowest BCUT2D eigenvalue weighted by Crippen LogP contribution is -2.41. The molecule has 0 radical (unpaired) electrons. The summed E-state index contributed by atoms with van der Waals surface area (Å²) < 4.78 is 4.86. The summed E-state index contributed by atoms with van der Waals surface area (Å²) in [4.78, 5) is 34.3. The van der Waals surface area contributed by atoms with Crippen LogP contribution < -0.4 is 10.6 Å². The highest BCUT2D eigenvalue weighted by molar-refractivity contribution is 5.96. The molecule has 0 aliphatic carbocycles. The summed E-state index contributed by atoms with van der Waals surface area (Å²) in [5.41, 5.74) is 1.51. The van der Waals surface area contributed by atoms with Gasteiger partial charge in [0.15, 0.2) is 6.61 Å². The number of rotatable bonds is 6. The number of amides is 3. The monoisotopic (exact) mass is 306 g/mol. The lowest BCUT2D eigenvalue weighted by molar-refractivity contribution is -0.123. The fraction of sp³-hybridized carbons (Fsp3) is 0.438. The van der Waals surface area contributed by atoms with Crippen molar-refractivity contribution in [2.24, 2.45) is 5.92 Å². The maximum Gasteiger partial charge on any atom is 0.338 e. The molecule has 0 bridgehead atoms. The molecule has 120 valence electrons. The zero-order valence-corrected chi connectivity index (χ0v) is 13.1. The Balaban J connectivity index is 2.45. The van der Waals surface area contributed by atoms with Crippen LogP contribution in [0.25, 0.3) is 0 Å². The molecule has 0 aliphatic rings. The van der Waals surface area contributed by atoms with E-state index in [-0.39, 0.29) is 0 Å². The quantitative estimate of drug-likeness (QED) is 0.786. The van der Waals surface area contributed by atoms with Gasteiger partial charge in [0.25, 0.3) is 5.91 Å². The third kappa shape index (κ3) is 6.39. The smallest absolute Gasteiger partial charge is 0.338 e. The molecule has 1 aromatic carbocycles. The minimum atomic E-state index is -0.671. The molecule has 0 unspecified atom stereocenters. The summed E-state index contributed by atoms with van der Waals surface area (Å²) in [6, 6.07) is 6.46. The highest BCUT2D eigenvalue weighted by atomic mass is 16.5. The second-order valence-electron chi connectivity index (χ2n) is 5.28. The topological polar surface area (TPSA) is 84.5 Å². The normalized spacial score (nSPS) is 10.2. The average molecular weight is 306 g/mol. The predicted octanol–water partition coefficient (Wildman–Crippen LogP) is 1.89. The van der Waals surface area contributed by atoms with E-state index in [9.17, 15) is 14.4 Å². The van der Waals surface area contributed by atoms with E-state index in [0.29, 0.717) is 18.0 Å². The molecule has 0 spiro atoms. The second kappa shape index (κ2) is 8.81. The minimum Gasteiger partial charge on any atom is -0.452 e. The van der Waals surface area contributed by atoms with Crippen molar-refractivity contribution in [3.05, 3.63) is 35.4 Å². The first kappa shape index (κ1) is 17.7. The molecule has 0 heterocycles. The molecule has 0 fully saturated rings. The second-order valence-corrected chi connectivity index (χ2v) is 5.28. The van der Waals surface area contributed by atoms with Crippen LogP contribution in [0, 0.1) is 5.92 Å². The molecule has 0 saturated carbocycles. The van der Waals surface area contributed by atoms with Gasteiger partial charge < -0.3 is 10.1 Å². The summed E-state index contributed by atoms with van der Waals surface area (Å²) in [7, 11) is 0. The zero-order valence-electron chi connectivity index (χ0n) is 13.1. The van der Waals surface area contributed by atoms with Crippen molar-refractivity contribution in [1.29, 1.82) is 0 Å². The Kier molecular flexibility index (Phi) is 7.08. The van der Waals surface area contributed by atoms with E-state index in [1.54, 1.807) is 19.1 Å². The summed E-state index contributed by atoms with van der Waals surface area (Å²) in [6.07, 6.45) is 0.935. The van der Waals surface area contributed by atoms with Crippen molar-refractivity contribution in [3.8, 4) is 0 Å². The third-order valence-electron chi connectivity index (χ3n) is 2.76. The van der Waals surface area contributed by atoms with Crippen LogP contribution in [-0.2, 0) is 16.0 Å². The SMILES string of the molecule is CCNC(=O)NC(=O)COC(=O)c1ccc(CC(C)C)cc1. The van der Waals surface area contributed by atoms with Crippen molar-refractivity contribution in [2.75, 3.05) is 13.2 Å². The number of nitrogens with one attached hydrogen (secondary N) is 2. The third-order valence-corrected chi connectivity index (χ3v) is 2.76. The Morgan fingerprint density at radius 2 is 1.77 bits per heavy atom. The number of esters is 1. The molecule has 3 amide bonds. The van der Waals surface area contributed by atoms with Gasteiger partial charge in [0, 0.05) is 6.54 Å². The first-order valence-corrected chi connectivity index (χ1v) is 7.26. The summed E-state index contributed by atoms with van der Waals surface area (Å²) in [6.45, 7) is 5.88. The van der Waals surface area contributed by atoms with Gasteiger partial charge in [-0.3, -0.25) is 10.1 Å². The van der Waals surface area contributed by atoms with Gasteiger partial charge in [-0.25, -0.2) is 9.59 Å². The molecule has 0 aromatic heterocycles. The van der Waals surface area contributed by atoms with Crippen LogP contribution in [0.2, 0.25) is 0 Å². The van der Waals surface area contributed by atoms with Gasteiger partial charge in [0.1, 0.15) is 0 Å². The van der Waals surface area contributed by atoms with Gasteiger partial charge in [0.05, 0.1) is 5.56 Å². The van der Waals surface area contributed by atoms with Gasteiger partial charge in [-0.2, -0.15) is 0 Å². The van der Waals surface area contributed by atoms with Crippen LogP contribution in [0.3, 0.4) is 0 Å². The maximum atomic E-state index is 11.8. The highest BCUT2D eigenvalue weighted by Gasteiger charge is 2.12. The summed E-state index contributed by atoms with van der Waals surface area (Å²) in [5.74, 6) is -0.728. The van der Waals surface area contributed by atoms with Gasteiger partial charge >= 0.3 is 12.0 Å². The molecular formula is C16H22N2O4. The molecule has 1 aromatic rings. The lowest BCUT2D eigenvalue weighted by Gasteiger charge is -2.07. The maximum absolute atomic E-state index is 11.8. The van der Waals surface area contributed by atoms with Crippen LogP contribution in [0.1, 0.15) is 36.7 Å². The van der Waals surface area contributed by atoms with E-state index in [4.69, 9.17) is 4.74 Å². The van der Waals surface area contributed by atoms with Crippen molar-refractivity contribution >= 4 is 17.9 Å². The van der Waals surface area contributed by atoms with E-state index in [2.05, 4.69) is 24.5 Å². The molecule has 2 N–H and O–H groups in total. The fourth-order valence-corrected chi connectivity index (χ4v) is 1.83. The van der Waals surface area contributed by atoms with Crippen molar-refractivity contribution in [1.82, 2.24) is 10.6 Å². The fourth-order valence-electron chi connectivity index (χ4n) is 1.83. The Bertz CT molecular complexity index is 523. The number of carbonyl (C=O) groups excluding carboxylic acids is 3. The Labute approximate surface area is 130 Å². The molecule has 0 aliphatic heterocycles. The Morgan fingerprint density at radius 3 is 2.32 bits per heavy atom. The first-order chi connectivity index (χ1) is 10.4. The Hall–Kier alpha value is -2.37. The number of hydrogen-bond donors (Lipinski definition) is 2. The molecule has 0 saturated heterocycles. The molecule has 22 heavy (non-hydrogen) atoms. The molecule has 1 rings (SSSR count). The zero-order chi connectivity index (χ0) is 16.5. The van der Waals surface area contributed by atoms with Gasteiger partial charge in [-0.05, 0) is 37.0 Å². The molecule has 6 heteroatoms. The van der Waals surface area contributed by atoms with E-state index >= 15 is 0 Å². The lowest BCUT2D eigenvalue weighted by atomic mass is 10.0. The number of urea groups is 1. The van der Waals surface area contributed by atoms with E-state index in [1.807, 2.05) is 12.1 Å². The largest absolute Gasteiger partial charge is 0.452 e. The molecule has 6 nitrogen and oxygen atoms in total. The average Bonchev–Trinajstić information content (AvgIpc) is 2.45. The van der Waals surface area contributed by atoms with E-state index in [1.165, 1.54) is 0 Å². The van der Waals surface area contributed by atoms with Crippen LogP contribution >= 0.6 is 0 Å². The van der Waals surface area contributed by atoms with Gasteiger partial charge in [0.2, 0.25) is 0 Å².